The molecule has 0 saturated heterocycles. The molecule has 5 heteroatoms. The number of rotatable bonds is 2. The summed E-state index contributed by atoms with van der Waals surface area (Å²) in [6, 6.07) is 7.61. The van der Waals surface area contributed by atoms with Crippen molar-refractivity contribution in [3.05, 3.63) is 24.3 Å². The van der Waals surface area contributed by atoms with Gasteiger partial charge in [0.05, 0.1) is 0 Å². The molecule has 0 bridgehead atoms. The number of ether oxygens (including phenoxy) is 2. The van der Waals surface area contributed by atoms with Gasteiger partial charge in [-0.2, -0.15) is 0 Å². The first-order valence-corrected chi connectivity index (χ1v) is 7.49. The first-order chi connectivity index (χ1) is 9.72. The van der Waals surface area contributed by atoms with Crippen molar-refractivity contribution in [2.45, 2.75) is 43.2 Å². The molecule has 1 fully saturated rings. The number of benzene rings is 1. The Morgan fingerprint density at radius 2 is 1.85 bits per heavy atom. The van der Waals surface area contributed by atoms with Crippen LogP contribution in [0.3, 0.4) is 0 Å². The third-order valence-electron chi connectivity index (χ3n) is 3.80. The van der Waals surface area contributed by atoms with E-state index < -0.39 is 6.10 Å². The van der Waals surface area contributed by atoms with E-state index in [0.717, 1.165) is 25.7 Å². The summed E-state index contributed by atoms with van der Waals surface area (Å²) in [6.45, 7) is 0.258. The van der Waals surface area contributed by atoms with Crippen LogP contribution in [0.2, 0.25) is 0 Å². The topological polar surface area (TPSA) is 47.6 Å². The van der Waals surface area contributed by atoms with E-state index in [4.69, 9.17) is 21.1 Å². The van der Waals surface area contributed by atoms with Crippen molar-refractivity contribution in [3.8, 4) is 11.5 Å². The van der Waals surface area contributed by atoms with Crippen LogP contribution in [0.4, 0.5) is 0 Å². The van der Waals surface area contributed by atoms with E-state index in [9.17, 15) is 4.79 Å². The van der Waals surface area contributed by atoms with E-state index in [1.165, 1.54) is 0 Å². The Bertz CT molecular complexity index is 486. The van der Waals surface area contributed by atoms with Gasteiger partial charge in [0.2, 0.25) is 6.10 Å². The Morgan fingerprint density at radius 1 is 1.15 bits per heavy atom. The number of amides is 1. The quantitative estimate of drug-likeness (QED) is 0.853. The molecular formula is C15H18ClNO3. The Balaban J connectivity index is 1.56. The van der Waals surface area contributed by atoms with E-state index in [1.54, 1.807) is 0 Å². The SMILES string of the molecule is O=C(NC1CCC(Cl)CC1)C1COc2ccccc2O1. The summed E-state index contributed by atoms with van der Waals surface area (Å²) in [6.07, 6.45) is 3.21. The molecule has 1 aliphatic carbocycles. The zero-order chi connectivity index (χ0) is 13.9. The van der Waals surface area contributed by atoms with Gasteiger partial charge in [0.15, 0.2) is 11.5 Å². The molecule has 1 amide bonds. The smallest absolute Gasteiger partial charge is 0.264 e. The standard InChI is InChI=1S/C15H18ClNO3/c16-10-5-7-11(8-6-10)17-15(18)14-9-19-12-3-1-2-4-13(12)20-14/h1-4,10-11,14H,5-9H2,(H,17,18). The molecule has 3 rings (SSSR count). The van der Waals surface area contributed by atoms with E-state index in [-0.39, 0.29) is 23.9 Å². The molecule has 0 aromatic heterocycles. The van der Waals surface area contributed by atoms with Crippen LogP contribution < -0.4 is 14.8 Å². The molecule has 1 heterocycles. The molecule has 1 aromatic carbocycles. The number of nitrogens with one attached hydrogen (secondary N) is 1. The van der Waals surface area contributed by atoms with Gasteiger partial charge >= 0.3 is 0 Å². The van der Waals surface area contributed by atoms with Crippen LogP contribution in [0.25, 0.3) is 0 Å². The van der Waals surface area contributed by atoms with Crippen LogP contribution in [-0.4, -0.2) is 30.0 Å². The Hall–Kier alpha value is -1.42. The first-order valence-electron chi connectivity index (χ1n) is 7.05. The fraction of sp³-hybridized carbons (Fsp3) is 0.533. The van der Waals surface area contributed by atoms with Gasteiger partial charge in [0.1, 0.15) is 6.61 Å². The number of hydrogen-bond donors (Lipinski definition) is 1. The molecule has 2 aliphatic rings. The molecule has 20 heavy (non-hydrogen) atoms. The van der Waals surface area contributed by atoms with Gasteiger partial charge in [-0.25, -0.2) is 0 Å². The second-order valence-corrected chi connectivity index (χ2v) is 5.94. The average molecular weight is 296 g/mol. The molecule has 0 spiro atoms. The normalized spacial score (nSPS) is 28.8. The number of carbonyl (C=O) groups excluding carboxylic acids is 1. The van der Waals surface area contributed by atoms with Crippen molar-refractivity contribution in [1.82, 2.24) is 5.32 Å². The number of fused-ring (bicyclic) bond motifs is 1. The minimum atomic E-state index is -0.571. The Morgan fingerprint density at radius 3 is 2.60 bits per heavy atom. The maximum absolute atomic E-state index is 12.2. The summed E-state index contributed by atoms with van der Waals surface area (Å²) in [5.74, 6) is 1.22. The fourth-order valence-corrected chi connectivity index (χ4v) is 2.89. The molecule has 1 unspecified atom stereocenters. The zero-order valence-corrected chi connectivity index (χ0v) is 11.9. The van der Waals surface area contributed by atoms with Crippen LogP contribution >= 0.6 is 11.6 Å². The molecular weight excluding hydrogens is 278 g/mol. The van der Waals surface area contributed by atoms with Crippen molar-refractivity contribution in [2.24, 2.45) is 0 Å². The number of para-hydroxylation sites is 2. The van der Waals surface area contributed by atoms with Crippen LogP contribution in [0, 0.1) is 0 Å². The third kappa shape index (κ3) is 3.01. The number of halogens is 1. The summed E-state index contributed by atoms with van der Waals surface area (Å²) in [4.78, 5) is 12.2. The predicted molar refractivity (Wildman–Crippen MR) is 76.4 cm³/mol. The highest BCUT2D eigenvalue weighted by atomic mass is 35.5. The van der Waals surface area contributed by atoms with Gasteiger partial charge in [-0.3, -0.25) is 4.79 Å². The first kappa shape index (κ1) is 13.6. The number of hydrogen-bond acceptors (Lipinski definition) is 3. The summed E-state index contributed by atoms with van der Waals surface area (Å²) < 4.78 is 11.2. The van der Waals surface area contributed by atoms with E-state index in [2.05, 4.69) is 5.32 Å². The highest BCUT2D eigenvalue weighted by Gasteiger charge is 2.29. The third-order valence-corrected chi connectivity index (χ3v) is 4.24. The van der Waals surface area contributed by atoms with Crippen molar-refractivity contribution >= 4 is 17.5 Å². The minimum absolute atomic E-state index is 0.0995. The van der Waals surface area contributed by atoms with E-state index in [0.29, 0.717) is 11.5 Å². The molecule has 1 aromatic rings. The lowest BCUT2D eigenvalue weighted by Gasteiger charge is -2.29. The second-order valence-electron chi connectivity index (χ2n) is 5.32. The summed E-state index contributed by atoms with van der Waals surface area (Å²) in [5.41, 5.74) is 0. The largest absolute Gasteiger partial charge is 0.485 e. The molecule has 0 radical (unpaired) electrons. The maximum atomic E-state index is 12.2. The molecule has 1 N–H and O–H groups in total. The minimum Gasteiger partial charge on any atom is -0.485 e. The monoisotopic (exact) mass is 295 g/mol. The Kier molecular flexibility index (Phi) is 4.01. The number of alkyl halides is 1. The van der Waals surface area contributed by atoms with Gasteiger partial charge in [-0.1, -0.05) is 12.1 Å². The average Bonchev–Trinajstić information content (AvgIpc) is 2.49. The van der Waals surface area contributed by atoms with Crippen LogP contribution in [0.5, 0.6) is 11.5 Å². The van der Waals surface area contributed by atoms with Crippen LogP contribution in [-0.2, 0) is 4.79 Å². The van der Waals surface area contributed by atoms with Gasteiger partial charge in [-0.05, 0) is 37.8 Å². The van der Waals surface area contributed by atoms with Crippen molar-refractivity contribution in [2.75, 3.05) is 6.61 Å². The molecule has 1 aliphatic heterocycles. The van der Waals surface area contributed by atoms with Crippen LogP contribution in [0.1, 0.15) is 25.7 Å². The van der Waals surface area contributed by atoms with Gasteiger partial charge in [-0.15, -0.1) is 11.6 Å². The van der Waals surface area contributed by atoms with Crippen molar-refractivity contribution < 1.29 is 14.3 Å². The Labute approximate surface area is 123 Å². The lowest BCUT2D eigenvalue weighted by molar-refractivity contribution is -0.131. The maximum Gasteiger partial charge on any atom is 0.264 e. The van der Waals surface area contributed by atoms with Gasteiger partial charge < -0.3 is 14.8 Å². The molecule has 108 valence electrons. The summed E-state index contributed by atoms with van der Waals surface area (Å²) >= 11 is 6.07. The summed E-state index contributed by atoms with van der Waals surface area (Å²) in [7, 11) is 0. The highest BCUT2D eigenvalue weighted by molar-refractivity contribution is 6.20. The van der Waals surface area contributed by atoms with Crippen LogP contribution in [0.15, 0.2) is 24.3 Å². The fourth-order valence-electron chi connectivity index (χ4n) is 2.64. The predicted octanol–water partition coefficient (Wildman–Crippen LogP) is 2.49. The van der Waals surface area contributed by atoms with E-state index >= 15 is 0 Å². The molecule has 1 saturated carbocycles. The lowest BCUT2D eigenvalue weighted by Crippen LogP contribution is -2.48. The van der Waals surface area contributed by atoms with Crippen molar-refractivity contribution in [1.29, 1.82) is 0 Å². The van der Waals surface area contributed by atoms with Gasteiger partial charge in [0, 0.05) is 11.4 Å². The highest BCUT2D eigenvalue weighted by Crippen LogP contribution is 2.31. The molecule has 1 atom stereocenters. The second kappa shape index (κ2) is 5.92. The number of carbonyl (C=O) groups is 1. The van der Waals surface area contributed by atoms with Crippen molar-refractivity contribution in [3.63, 3.8) is 0 Å². The lowest BCUT2D eigenvalue weighted by atomic mass is 9.95. The zero-order valence-electron chi connectivity index (χ0n) is 11.2. The van der Waals surface area contributed by atoms with Gasteiger partial charge in [0.25, 0.3) is 5.91 Å². The summed E-state index contributed by atoms with van der Waals surface area (Å²) in [5, 5.41) is 3.29. The molecule has 4 nitrogen and oxygen atoms in total. The van der Waals surface area contributed by atoms with E-state index in [1.807, 2.05) is 24.3 Å².